The minimum atomic E-state index is -0.540. The van der Waals surface area contributed by atoms with Gasteiger partial charge in [0.05, 0.1) is 4.92 Å². The van der Waals surface area contributed by atoms with Gasteiger partial charge in [0, 0.05) is 17.7 Å². The van der Waals surface area contributed by atoms with Crippen molar-refractivity contribution in [1.82, 2.24) is 0 Å². The normalized spacial score (nSPS) is 15.4. The zero-order valence-corrected chi connectivity index (χ0v) is 13.8. The van der Waals surface area contributed by atoms with Gasteiger partial charge in [-0.1, -0.05) is 38.1 Å². The van der Waals surface area contributed by atoms with Crippen LogP contribution in [0.25, 0.3) is 6.08 Å². The Hall–Kier alpha value is -3.28. The number of hydrogen-bond acceptors (Lipinski definition) is 5. The van der Waals surface area contributed by atoms with Crippen molar-refractivity contribution in [3.05, 3.63) is 81.0 Å². The monoisotopic (exact) mass is 336 g/mol. The molecule has 0 N–H and O–H groups in total. The molecule has 1 aliphatic rings. The number of benzene rings is 2. The van der Waals surface area contributed by atoms with Gasteiger partial charge in [0.1, 0.15) is 0 Å². The number of rotatable bonds is 4. The Morgan fingerprint density at radius 3 is 2.28 bits per heavy atom. The standard InChI is InChI=1S/C19H16N2O4/c1-12(2)14-5-3-13(4-6-14)11-17-19(22)25-18(20-17)15-7-9-16(10-8-15)21(23)24/h3-12H,1-2H3/b17-11+. The average molecular weight is 336 g/mol. The predicted octanol–water partition coefficient (Wildman–Crippen LogP) is 4.06. The lowest BCUT2D eigenvalue weighted by Gasteiger charge is -2.04. The lowest BCUT2D eigenvalue weighted by molar-refractivity contribution is -0.384. The van der Waals surface area contributed by atoms with E-state index in [2.05, 4.69) is 18.8 Å². The highest BCUT2D eigenvalue weighted by molar-refractivity contribution is 6.12. The molecule has 0 radical (unpaired) electrons. The Morgan fingerprint density at radius 1 is 1.08 bits per heavy atom. The van der Waals surface area contributed by atoms with E-state index in [-0.39, 0.29) is 17.3 Å². The number of cyclic esters (lactones) is 1. The Bertz CT molecular complexity index is 879. The molecule has 3 rings (SSSR count). The molecule has 0 saturated heterocycles. The van der Waals surface area contributed by atoms with Crippen LogP contribution in [0.1, 0.15) is 36.5 Å². The summed E-state index contributed by atoms with van der Waals surface area (Å²) in [6.45, 7) is 4.23. The third-order valence-corrected chi connectivity index (χ3v) is 3.85. The van der Waals surface area contributed by atoms with E-state index in [0.29, 0.717) is 11.5 Å². The topological polar surface area (TPSA) is 81.8 Å². The molecule has 6 heteroatoms. The van der Waals surface area contributed by atoms with Crippen molar-refractivity contribution >= 4 is 23.6 Å². The minimum absolute atomic E-state index is 0.0327. The summed E-state index contributed by atoms with van der Waals surface area (Å²) >= 11 is 0. The van der Waals surface area contributed by atoms with Crippen LogP contribution in [0.15, 0.2) is 59.2 Å². The number of non-ortho nitro benzene ring substituents is 1. The fraction of sp³-hybridized carbons (Fsp3) is 0.158. The third kappa shape index (κ3) is 3.63. The maximum atomic E-state index is 12.0. The fourth-order valence-corrected chi connectivity index (χ4v) is 2.39. The summed E-state index contributed by atoms with van der Waals surface area (Å²) in [6.07, 6.45) is 1.66. The number of nitro benzene ring substituents is 1. The van der Waals surface area contributed by atoms with Gasteiger partial charge >= 0.3 is 5.97 Å². The van der Waals surface area contributed by atoms with E-state index in [1.54, 1.807) is 6.08 Å². The number of nitro groups is 1. The highest BCUT2D eigenvalue weighted by atomic mass is 16.6. The Kier molecular flexibility index (Phi) is 4.43. The van der Waals surface area contributed by atoms with Gasteiger partial charge in [-0.25, -0.2) is 9.79 Å². The summed E-state index contributed by atoms with van der Waals surface area (Å²) in [4.78, 5) is 26.4. The van der Waals surface area contributed by atoms with Crippen LogP contribution >= 0.6 is 0 Å². The Labute approximate surface area is 144 Å². The fourth-order valence-electron chi connectivity index (χ4n) is 2.39. The van der Waals surface area contributed by atoms with E-state index in [1.165, 1.54) is 29.8 Å². The molecule has 2 aromatic rings. The first-order valence-corrected chi connectivity index (χ1v) is 7.81. The van der Waals surface area contributed by atoms with E-state index >= 15 is 0 Å². The highest BCUT2D eigenvalue weighted by Gasteiger charge is 2.24. The van der Waals surface area contributed by atoms with Gasteiger partial charge in [0.2, 0.25) is 5.90 Å². The van der Waals surface area contributed by atoms with Crippen LogP contribution in [-0.2, 0) is 9.53 Å². The third-order valence-electron chi connectivity index (χ3n) is 3.85. The second-order valence-electron chi connectivity index (χ2n) is 5.96. The molecule has 6 nitrogen and oxygen atoms in total. The number of hydrogen-bond donors (Lipinski definition) is 0. The molecule has 1 heterocycles. The largest absolute Gasteiger partial charge is 0.402 e. The molecular formula is C19H16N2O4. The van der Waals surface area contributed by atoms with Crippen LogP contribution in [0.5, 0.6) is 0 Å². The Morgan fingerprint density at radius 2 is 1.72 bits per heavy atom. The molecule has 1 aliphatic heterocycles. The van der Waals surface area contributed by atoms with Gasteiger partial charge in [0.15, 0.2) is 5.70 Å². The minimum Gasteiger partial charge on any atom is -0.402 e. The summed E-state index contributed by atoms with van der Waals surface area (Å²) < 4.78 is 5.17. The second kappa shape index (κ2) is 6.68. The van der Waals surface area contributed by atoms with Crippen LogP contribution in [0, 0.1) is 10.1 Å². The number of carbonyl (C=O) groups excluding carboxylic acids is 1. The number of aliphatic imine (C=N–C) groups is 1. The van der Waals surface area contributed by atoms with E-state index in [4.69, 9.17) is 4.74 Å². The molecule has 2 aromatic carbocycles. The molecule has 0 aliphatic carbocycles. The lowest BCUT2D eigenvalue weighted by Crippen LogP contribution is -2.05. The van der Waals surface area contributed by atoms with Crippen molar-refractivity contribution in [2.75, 3.05) is 0 Å². The zero-order valence-electron chi connectivity index (χ0n) is 13.8. The summed E-state index contributed by atoms with van der Waals surface area (Å²) in [5.74, 6) is 0.0381. The molecule has 0 unspecified atom stereocenters. The van der Waals surface area contributed by atoms with Crippen LogP contribution in [0.2, 0.25) is 0 Å². The molecule has 0 bridgehead atoms. The van der Waals surface area contributed by atoms with E-state index in [9.17, 15) is 14.9 Å². The number of ether oxygens (including phenoxy) is 1. The number of nitrogens with zero attached hydrogens (tertiary/aromatic N) is 2. The van der Waals surface area contributed by atoms with Gasteiger partial charge in [-0.05, 0) is 35.3 Å². The van der Waals surface area contributed by atoms with Crippen molar-refractivity contribution in [1.29, 1.82) is 0 Å². The summed E-state index contributed by atoms with van der Waals surface area (Å²) in [5.41, 5.74) is 2.74. The van der Waals surface area contributed by atoms with Crippen molar-refractivity contribution in [2.24, 2.45) is 4.99 Å². The number of esters is 1. The average Bonchev–Trinajstić information content (AvgIpc) is 2.96. The molecule has 0 atom stereocenters. The van der Waals surface area contributed by atoms with E-state index in [0.717, 1.165) is 5.56 Å². The molecule has 0 fully saturated rings. The van der Waals surface area contributed by atoms with Gasteiger partial charge in [-0.15, -0.1) is 0 Å². The molecule has 0 spiro atoms. The molecule has 25 heavy (non-hydrogen) atoms. The van der Waals surface area contributed by atoms with Crippen molar-refractivity contribution in [3.8, 4) is 0 Å². The molecular weight excluding hydrogens is 320 g/mol. The van der Waals surface area contributed by atoms with Crippen LogP contribution in [-0.4, -0.2) is 16.8 Å². The lowest BCUT2D eigenvalue weighted by atomic mass is 10.0. The smallest absolute Gasteiger partial charge is 0.363 e. The molecule has 0 amide bonds. The van der Waals surface area contributed by atoms with Crippen LogP contribution in [0.3, 0.4) is 0 Å². The Balaban J connectivity index is 1.85. The molecule has 0 saturated carbocycles. The van der Waals surface area contributed by atoms with Gasteiger partial charge in [-0.2, -0.15) is 0 Å². The van der Waals surface area contributed by atoms with Gasteiger partial charge < -0.3 is 4.74 Å². The summed E-state index contributed by atoms with van der Waals surface area (Å²) in [5, 5.41) is 10.7. The maximum Gasteiger partial charge on any atom is 0.363 e. The second-order valence-corrected chi connectivity index (χ2v) is 5.96. The number of carbonyl (C=O) groups is 1. The van der Waals surface area contributed by atoms with Crippen molar-refractivity contribution < 1.29 is 14.5 Å². The summed E-state index contributed by atoms with van der Waals surface area (Å²) in [6, 6.07) is 13.6. The molecule has 126 valence electrons. The van der Waals surface area contributed by atoms with E-state index < -0.39 is 10.9 Å². The van der Waals surface area contributed by atoms with Crippen LogP contribution in [0.4, 0.5) is 5.69 Å². The molecule has 0 aromatic heterocycles. The van der Waals surface area contributed by atoms with E-state index in [1.807, 2.05) is 24.3 Å². The summed E-state index contributed by atoms with van der Waals surface area (Å²) in [7, 11) is 0. The van der Waals surface area contributed by atoms with Gasteiger partial charge in [-0.3, -0.25) is 10.1 Å². The zero-order chi connectivity index (χ0) is 18.0. The predicted molar refractivity (Wildman–Crippen MR) is 94.2 cm³/mol. The quantitative estimate of drug-likeness (QED) is 0.365. The van der Waals surface area contributed by atoms with Crippen molar-refractivity contribution in [3.63, 3.8) is 0 Å². The first kappa shape index (κ1) is 16.6. The SMILES string of the molecule is CC(C)c1ccc(/C=C2/N=C(c3ccc([N+](=O)[O-])cc3)OC2=O)cc1. The first-order valence-electron chi connectivity index (χ1n) is 7.81. The van der Waals surface area contributed by atoms with Gasteiger partial charge in [0.25, 0.3) is 5.69 Å². The maximum absolute atomic E-state index is 12.0. The van der Waals surface area contributed by atoms with Crippen molar-refractivity contribution in [2.45, 2.75) is 19.8 Å². The first-order chi connectivity index (χ1) is 11.9. The van der Waals surface area contributed by atoms with Crippen LogP contribution < -0.4 is 0 Å². The highest BCUT2D eigenvalue weighted by Crippen LogP contribution is 2.22.